The number of hydrogen-bond donors (Lipinski definition) is 0. The molecule has 0 radical (unpaired) electrons. The highest BCUT2D eigenvalue weighted by Gasteiger charge is 2.25. The molecule has 0 aliphatic rings. The Morgan fingerprint density at radius 1 is 1.19 bits per heavy atom. The lowest BCUT2D eigenvalue weighted by Gasteiger charge is -2.20. The van der Waals surface area contributed by atoms with Gasteiger partial charge in [-0.2, -0.15) is 4.31 Å². The smallest absolute Gasteiger partial charge is 0.252 e. The Bertz CT molecular complexity index is 504. The predicted octanol–water partition coefficient (Wildman–Crippen LogP) is 2.20. The first-order valence-corrected chi connectivity index (χ1v) is 9.48. The van der Waals surface area contributed by atoms with Crippen molar-refractivity contribution in [1.82, 2.24) is 4.31 Å². The highest BCUT2D eigenvalue weighted by molar-refractivity contribution is 7.91. The Labute approximate surface area is 135 Å². The van der Waals surface area contributed by atoms with Crippen molar-refractivity contribution in [2.45, 2.75) is 17.1 Å². The van der Waals surface area contributed by atoms with Gasteiger partial charge in [0.15, 0.2) is 0 Å². The number of aryl methyl sites for hydroxylation is 1. The van der Waals surface area contributed by atoms with Crippen molar-refractivity contribution < 1.29 is 17.9 Å². The molecule has 0 spiro atoms. The Balaban J connectivity index is 2.84. The third-order valence-electron chi connectivity index (χ3n) is 2.87. The zero-order chi connectivity index (χ0) is 15.7. The maximum absolute atomic E-state index is 12.7. The summed E-state index contributed by atoms with van der Waals surface area (Å²) >= 11 is 6.97. The van der Waals surface area contributed by atoms with Crippen LogP contribution in [0.2, 0.25) is 0 Å². The largest absolute Gasteiger partial charge is 0.385 e. The molecule has 0 aromatic carbocycles. The number of hydrogen-bond acceptors (Lipinski definition) is 5. The minimum atomic E-state index is -3.48. The summed E-state index contributed by atoms with van der Waals surface area (Å²) in [7, 11) is -0.316. The Morgan fingerprint density at radius 2 is 1.90 bits per heavy atom. The topological polar surface area (TPSA) is 55.8 Å². The third kappa shape index (κ3) is 5.84. The van der Waals surface area contributed by atoms with Crippen molar-refractivity contribution in [3.8, 4) is 0 Å². The van der Waals surface area contributed by atoms with Gasteiger partial charge in [0, 0.05) is 44.7 Å². The number of alkyl halides is 1. The van der Waals surface area contributed by atoms with Gasteiger partial charge in [-0.15, -0.1) is 22.9 Å². The summed E-state index contributed by atoms with van der Waals surface area (Å²) in [6.07, 6.45) is 1.34. The summed E-state index contributed by atoms with van der Waals surface area (Å²) in [5.41, 5.74) is 0. The van der Waals surface area contributed by atoms with Crippen LogP contribution in [0.15, 0.2) is 16.3 Å². The highest BCUT2D eigenvalue weighted by atomic mass is 35.5. The van der Waals surface area contributed by atoms with Crippen molar-refractivity contribution in [3.05, 3.63) is 17.0 Å². The van der Waals surface area contributed by atoms with Gasteiger partial charge in [0.1, 0.15) is 4.21 Å². The fourth-order valence-corrected chi connectivity index (χ4v) is 5.07. The minimum absolute atomic E-state index is 0.339. The second kappa shape index (κ2) is 9.76. The monoisotopic (exact) mass is 355 g/mol. The molecule has 0 N–H and O–H groups in total. The van der Waals surface area contributed by atoms with Crippen LogP contribution < -0.4 is 0 Å². The molecule has 1 rings (SSSR count). The van der Waals surface area contributed by atoms with E-state index < -0.39 is 10.0 Å². The van der Waals surface area contributed by atoms with Gasteiger partial charge in [0.25, 0.3) is 10.0 Å². The fraction of sp³-hybridized carbons (Fsp3) is 0.692. The molecule has 0 unspecified atom stereocenters. The number of sulfonamides is 1. The number of methoxy groups -OCH3 is 2. The van der Waals surface area contributed by atoms with Crippen LogP contribution in [0.1, 0.15) is 11.3 Å². The minimum Gasteiger partial charge on any atom is -0.385 e. The first-order chi connectivity index (χ1) is 10.1. The second-order valence-corrected chi connectivity index (χ2v) is 8.11. The summed E-state index contributed by atoms with van der Waals surface area (Å²) in [6.45, 7) is 1.65. The molecule has 1 aromatic heterocycles. The number of ether oxygens (including phenoxy) is 2. The second-order valence-electron chi connectivity index (χ2n) is 4.40. The molecule has 8 heteroatoms. The van der Waals surface area contributed by atoms with Crippen LogP contribution >= 0.6 is 22.9 Å². The van der Waals surface area contributed by atoms with E-state index in [2.05, 4.69) is 0 Å². The fourth-order valence-electron chi connectivity index (χ4n) is 1.78. The van der Waals surface area contributed by atoms with Crippen molar-refractivity contribution in [2.75, 3.05) is 46.4 Å². The Kier molecular flexibility index (Phi) is 8.77. The lowest BCUT2D eigenvalue weighted by atomic mass is 10.4. The molecule has 0 bridgehead atoms. The molecule has 0 saturated heterocycles. The van der Waals surface area contributed by atoms with Gasteiger partial charge in [-0.3, -0.25) is 0 Å². The molecule has 5 nitrogen and oxygen atoms in total. The van der Waals surface area contributed by atoms with E-state index in [0.717, 1.165) is 4.88 Å². The van der Waals surface area contributed by atoms with Crippen molar-refractivity contribution in [1.29, 1.82) is 0 Å². The summed E-state index contributed by atoms with van der Waals surface area (Å²) in [4.78, 5) is 0.979. The first kappa shape index (κ1) is 18.9. The number of thiophene rings is 1. The zero-order valence-corrected chi connectivity index (χ0v) is 14.8. The van der Waals surface area contributed by atoms with Gasteiger partial charge in [-0.25, -0.2) is 8.42 Å². The Hall–Kier alpha value is -0.180. The number of nitrogens with zero attached hydrogens (tertiary/aromatic N) is 1. The van der Waals surface area contributed by atoms with Crippen molar-refractivity contribution >= 4 is 33.0 Å². The lowest BCUT2D eigenvalue weighted by molar-refractivity contribution is 0.164. The van der Waals surface area contributed by atoms with E-state index in [1.54, 1.807) is 20.3 Å². The van der Waals surface area contributed by atoms with Gasteiger partial charge in [0.05, 0.1) is 6.61 Å². The van der Waals surface area contributed by atoms with E-state index in [0.29, 0.717) is 49.2 Å². The average Bonchev–Trinajstić information content (AvgIpc) is 2.92. The molecule has 0 saturated carbocycles. The predicted molar refractivity (Wildman–Crippen MR) is 85.9 cm³/mol. The quantitative estimate of drug-likeness (QED) is 0.451. The van der Waals surface area contributed by atoms with E-state index in [4.69, 9.17) is 21.1 Å². The van der Waals surface area contributed by atoms with Crippen molar-refractivity contribution in [3.63, 3.8) is 0 Å². The normalized spacial score (nSPS) is 12.2. The van der Waals surface area contributed by atoms with Gasteiger partial charge in [-0.05, 0) is 25.0 Å². The molecule has 0 fully saturated rings. The van der Waals surface area contributed by atoms with Gasteiger partial charge in [0.2, 0.25) is 0 Å². The van der Waals surface area contributed by atoms with E-state index in [-0.39, 0.29) is 0 Å². The number of halogens is 1. The van der Waals surface area contributed by atoms with Crippen LogP contribution in [0.3, 0.4) is 0 Å². The molecule has 122 valence electrons. The van der Waals surface area contributed by atoms with Crippen molar-refractivity contribution in [2.24, 2.45) is 0 Å². The van der Waals surface area contributed by atoms with Gasteiger partial charge >= 0.3 is 0 Å². The SMILES string of the molecule is COCCCN(CCOC)S(=O)(=O)c1ccc(CCCl)s1. The maximum atomic E-state index is 12.7. The molecule has 1 heterocycles. The lowest BCUT2D eigenvalue weighted by Crippen LogP contribution is -2.34. The summed E-state index contributed by atoms with van der Waals surface area (Å²) in [5.74, 6) is 0.487. The molecule has 0 aliphatic heterocycles. The van der Waals surface area contributed by atoms with Crippen LogP contribution in [0, 0.1) is 0 Å². The molecular formula is C13H22ClNO4S2. The molecular weight excluding hydrogens is 334 g/mol. The maximum Gasteiger partial charge on any atom is 0.252 e. The molecule has 0 aliphatic carbocycles. The summed E-state index contributed by atoms with van der Waals surface area (Å²) < 4.78 is 37.1. The van der Waals surface area contributed by atoms with Crippen LogP contribution in [0.4, 0.5) is 0 Å². The molecule has 21 heavy (non-hydrogen) atoms. The van der Waals surface area contributed by atoms with E-state index in [9.17, 15) is 8.42 Å². The van der Waals surface area contributed by atoms with E-state index in [1.165, 1.54) is 15.6 Å². The summed E-state index contributed by atoms with van der Waals surface area (Å²) in [5, 5.41) is 0. The van der Waals surface area contributed by atoms with Crippen LogP contribution in [-0.4, -0.2) is 59.1 Å². The molecule has 1 aromatic rings. The van der Waals surface area contributed by atoms with Gasteiger partial charge in [-0.1, -0.05) is 0 Å². The molecule has 0 atom stereocenters. The zero-order valence-electron chi connectivity index (χ0n) is 12.4. The summed E-state index contributed by atoms with van der Waals surface area (Å²) in [6, 6.07) is 3.47. The highest BCUT2D eigenvalue weighted by Crippen LogP contribution is 2.25. The Morgan fingerprint density at radius 3 is 2.52 bits per heavy atom. The van der Waals surface area contributed by atoms with Crippen LogP contribution in [0.25, 0.3) is 0 Å². The molecule has 0 amide bonds. The van der Waals surface area contributed by atoms with Crippen LogP contribution in [0.5, 0.6) is 0 Å². The average molecular weight is 356 g/mol. The standard InChI is InChI=1S/C13H22ClNO4S2/c1-18-10-3-8-15(9-11-19-2)21(16,17)13-5-4-12(20-13)6-7-14/h4-5H,3,6-11H2,1-2H3. The number of rotatable bonds is 11. The van der Waals surface area contributed by atoms with E-state index in [1.807, 2.05) is 6.07 Å². The van der Waals surface area contributed by atoms with E-state index >= 15 is 0 Å². The van der Waals surface area contributed by atoms with Gasteiger partial charge < -0.3 is 9.47 Å². The third-order valence-corrected chi connectivity index (χ3v) is 6.57. The first-order valence-electron chi connectivity index (χ1n) is 6.69. The van der Waals surface area contributed by atoms with Crippen LogP contribution in [-0.2, 0) is 25.9 Å².